The number of likely N-dealkylation sites (tertiary alicyclic amines) is 1. The van der Waals surface area contributed by atoms with E-state index in [1.807, 2.05) is 6.92 Å². The predicted octanol–water partition coefficient (Wildman–Crippen LogP) is 1.36. The topological polar surface area (TPSA) is 109 Å². The van der Waals surface area contributed by atoms with Gasteiger partial charge >= 0.3 is 5.63 Å². The van der Waals surface area contributed by atoms with Gasteiger partial charge < -0.3 is 24.5 Å². The molecule has 0 bridgehead atoms. The van der Waals surface area contributed by atoms with E-state index in [4.69, 9.17) is 9.15 Å². The second kappa shape index (κ2) is 9.56. The van der Waals surface area contributed by atoms with Gasteiger partial charge in [-0.15, -0.1) is 0 Å². The van der Waals surface area contributed by atoms with Crippen LogP contribution in [0.2, 0.25) is 0 Å². The molecule has 1 aliphatic rings. The summed E-state index contributed by atoms with van der Waals surface area (Å²) in [6, 6.07) is 5.39. The van der Waals surface area contributed by atoms with Gasteiger partial charge in [0, 0.05) is 30.6 Å². The van der Waals surface area contributed by atoms with Crippen molar-refractivity contribution in [3.05, 3.63) is 40.2 Å². The fraction of sp³-hybridized carbons (Fsp3) is 0.476. The van der Waals surface area contributed by atoms with Crippen LogP contribution in [0.15, 0.2) is 33.5 Å². The molecule has 156 valence electrons. The van der Waals surface area contributed by atoms with E-state index in [1.54, 1.807) is 23.1 Å². The highest BCUT2D eigenvalue weighted by atomic mass is 16.5. The number of hydrogen-bond donors (Lipinski definition) is 2. The van der Waals surface area contributed by atoms with E-state index < -0.39 is 24.2 Å². The molecule has 1 unspecified atom stereocenters. The smallest absolute Gasteiger partial charge is 0.336 e. The number of carbonyl (C=O) groups excluding carboxylic acids is 2. The zero-order valence-electron chi connectivity index (χ0n) is 16.5. The standard InChI is InChI=1S/C21H26N2O6/c1-14-10-20(26)29-18-11-15(6-7-16(14)18)28-13-19(25)22-17(12-24)21(27)23-8-4-2-3-5-9-23/h6-7,10-11,17,24H,2-5,8-9,12-13H2,1H3,(H,22,25). The number of hydrogen-bond acceptors (Lipinski definition) is 6. The van der Waals surface area contributed by atoms with Crippen molar-refractivity contribution in [2.45, 2.75) is 38.6 Å². The fourth-order valence-electron chi connectivity index (χ4n) is 3.48. The Balaban J connectivity index is 1.58. The van der Waals surface area contributed by atoms with Gasteiger partial charge in [0.25, 0.3) is 5.91 Å². The summed E-state index contributed by atoms with van der Waals surface area (Å²) in [5.41, 5.74) is 0.707. The summed E-state index contributed by atoms with van der Waals surface area (Å²) in [4.78, 5) is 38.0. The normalized spacial score (nSPS) is 15.6. The molecule has 1 aliphatic heterocycles. The molecule has 1 aromatic heterocycles. The highest BCUT2D eigenvalue weighted by Crippen LogP contribution is 2.22. The van der Waals surface area contributed by atoms with Crippen molar-refractivity contribution < 1.29 is 23.8 Å². The average molecular weight is 402 g/mol. The van der Waals surface area contributed by atoms with E-state index in [0.717, 1.165) is 36.6 Å². The third-order valence-electron chi connectivity index (χ3n) is 5.03. The zero-order chi connectivity index (χ0) is 20.8. The number of aliphatic hydroxyl groups excluding tert-OH is 1. The van der Waals surface area contributed by atoms with Crippen molar-refractivity contribution in [2.75, 3.05) is 26.3 Å². The lowest BCUT2D eigenvalue weighted by atomic mass is 10.1. The first-order valence-electron chi connectivity index (χ1n) is 9.84. The SMILES string of the molecule is Cc1cc(=O)oc2cc(OCC(=O)NC(CO)C(=O)N3CCCCCC3)ccc12. The van der Waals surface area contributed by atoms with E-state index in [-0.39, 0.29) is 12.5 Å². The molecule has 29 heavy (non-hydrogen) atoms. The quantitative estimate of drug-likeness (QED) is 0.706. The second-order valence-electron chi connectivity index (χ2n) is 7.24. The molecule has 1 aromatic carbocycles. The van der Waals surface area contributed by atoms with Crippen molar-refractivity contribution >= 4 is 22.8 Å². The molecule has 2 N–H and O–H groups in total. The number of ether oxygens (including phenoxy) is 1. The van der Waals surface area contributed by atoms with Crippen molar-refractivity contribution in [1.29, 1.82) is 0 Å². The molecule has 0 spiro atoms. The predicted molar refractivity (Wildman–Crippen MR) is 107 cm³/mol. The molecule has 0 saturated carbocycles. The molecular formula is C21H26N2O6. The molecule has 2 aromatic rings. The number of nitrogens with one attached hydrogen (secondary N) is 1. The Labute approximate surface area is 168 Å². The van der Waals surface area contributed by atoms with Crippen LogP contribution in [-0.2, 0) is 9.59 Å². The molecular weight excluding hydrogens is 376 g/mol. The first-order valence-corrected chi connectivity index (χ1v) is 9.84. The lowest BCUT2D eigenvalue weighted by molar-refractivity contribution is -0.138. The largest absolute Gasteiger partial charge is 0.484 e. The molecule has 1 atom stereocenters. The van der Waals surface area contributed by atoms with Crippen LogP contribution in [0.1, 0.15) is 31.2 Å². The van der Waals surface area contributed by atoms with Crippen LogP contribution in [0.25, 0.3) is 11.0 Å². The highest BCUT2D eigenvalue weighted by Gasteiger charge is 2.26. The van der Waals surface area contributed by atoms with Gasteiger partial charge in [-0.25, -0.2) is 4.79 Å². The number of amides is 2. The minimum absolute atomic E-state index is 0.272. The van der Waals surface area contributed by atoms with E-state index in [9.17, 15) is 19.5 Å². The Morgan fingerprint density at radius 3 is 2.62 bits per heavy atom. The number of aliphatic hydroxyl groups is 1. The summed E-state index contributed by atoms with van der Waals surface area (Å²) in [6.45, 7) is 2.29. The molecule has 8 heteroatoms. The molecule has 0 radical (unpaired) electrons. The van der Waals surface area contributed by atoms with E-state index in [2.05, 4.69) is 5.32 Å². The van der Waals surface area contributed by atoms with Gasteiger partial charge in [-0.2, -0.15) is 0 Å². The Morgan fingerprint density at radius 2 is 1.93 bits per heavy atom. The fourth-order valence-corrected chi connectivity index (χ4v) is 3.48. The van der Waals surface area contributed by atoms with Crippen LogP contribution in [0.5, 0.6) is 5.75 Å². The van der Waals surface area contributed by atoms with Gasteiger partial charge in [-0.3, -0.25) is 9.59 Å². The van der Waals surface area contributed by atoms with Gasteiger partial charge in [0.15, 0.2) is 6.61 Å². The van der Waals surface area contributed by atoms with E-state index in [0.29, 0.717) is 24.4 Å². The number of benzene rings is 1. The Kier molecular flexibility index (Phi) is 6.87. The maximum atomic E-state index is 12.6. The van der Waals surface area contributed by atoms with Crippen LogP contribution in [0, 0.1) is 6.92 Å². The summed E-state index contributed by atoms with van der Waals surface area (Å²) in [5.74, 6) is -0.426. The minimum atomic E-state index is -0.985. The van der Waals surface area contributed by atoms with Crippen LogP contribution in [0.3, 0.4) is 0 Å². The summed E-state index contributed by atoms with van der Waals surface area (Å²) >= 11 is 0. The van der Waals surface area contributed by atoms with E-state index >= 15 is 0 Å². The van der Waals surface area contributed by atoms with Crippen molar-refractivity contribution in [2.24, 2.45) is 0 Å². The molecule has 2 amide bonds. The summed E-state index contributed by atoms with van der Waals surface area (Å²) in [6.07, 6.45) is 4.02. The third-order valence-corrected chi connectivity index (χ3v) is 5.03. The first-order chi connectivity index (χ1) is 14.0. The molecule has 0 aliphatic carbocycles. The van der Waals surface area contributed by atoms with Crippen molar-refractivity contribution in [3.63, 3.8) is 0 Å². The average Bonchev–Trinajstić information content (AvgIpc) is 2.99. The lowest BCUT2D eigenvalue weighted by Crippen LogP contribution is -2.51. The summed E-state index contributed by atoms with van der Waals surface area (Å²) in [5, 5.41) is 12.9. The number of nitrogens with zero attached hydrogens (tertiary/aromatic N) is 1. The van der Waals surface area contributed by atoms with Gasteiger partial charge in [0.05, 0.1) is 6.61 Å². The number of carbonyl (C=O) groups is 2. The summed E-state index contributed by atoms with van der Waals surface area (Å²) < 4.78 is 10.6. The Bertz CT molecular complexity index is 930. The zero-order valence-corrected chi connectivity index (χ0v) is 16.5. The molecule has 2 heterocycles. The van der Waals surface area contributed by atoms with Crippen molar-refractivity contribution in [3.8, 4) is 5.75 Å². The number of aryl methyl sites for hydroxylation is 1. The lowest BCUT2D eigenvalue weighted by Gasteiger charge is -2.25. The number of fused-ring (bicyclic) bond motifs is 1. The maximum absolute atomic E-state index is 12.6. The van der Waals surface area contributed by atoms with Gasteiger partial charge in [0.2, 0.25) is 5.91 Å². The Hall–Kier alpha value is -2.87. The van der Waals surface area contributed by atoms with Gasteiger partial charge in [0.1, 0.15) is 17.4 Å². The van der Waals surface area contributed by atoms with Gasteiger partial charge in [-0.1, -0.05) is 12.8 Å². The molecule has 1 fully saturated rings. The maximum Gasteiger partial charge on any atom is 0.336 e. The monoisotopic (exact) mass is 402 g/mol. The number of rotatable bonds is 6. The Morgan fingerprint density at radius 1 is 1.21 bits per heavy atom. The van der Waals surface area contributed by atoms with Crippen LogP contribution < -0.4 is 15.7 Å². The van der Waals surface area contributed by atoms with Crippen LogP contribution in [-0.4, -0.2) is 54.2 Å². The van der Waals surface area contributed by atoms with Crippen LogP contribution in [0.4, 0.5) is 0 Å². The van der Waals surface area contributed by atoms with E-state index in [1.165, 1.54) is 6.07 Å². The highest BCUT2D eigenvalue weighted by molar-refractivity contribution is 5.88. The molecule has 8 nitrogen and oxygen atoms in total. The van der Waals surface area contributed by atoms with Crippen molar-refractivity contribution in [1.82, 2.24) is 10.2 Å². The molecule has 1 saturated heterocycles. The first kappa shape index (κ1) is 20.9. The molecule has 3 rings (SSSR count). The van der Waals surface area contributed by atoms with Crippen LogP contribution >= 0.6 is 0 Å². The third kappa shape index (κ3) is 5.35. The second-order valence-corrected chi connectivity index (χ2v) is 7.24. The minimum Gasteiger partial charge on any atom is -0.484 e. The van der Waals surface area contributed by atoms with Gasteiger partial charge in [-0.05, 0) is 37.5 Å². The summed E-state index contributed by atoms with van der Waals surface area (Å²) in [7, 11) is 0.